The minimum atomic E-state index is -3.49. The summed E-state index contributed by atoms with van der Waals surface area (Å²) < 4.78 is 28.8. The molecule has 3 nitrogen and oxygen atoms in total. The highest BCUT2D eigenvalue weighted by Gasteiger charge is 2.21. The summed E-state index contributed by atoms with van der Waals surface area (Å²) >= 11 is 3.34. The molecule has 1 rings (SSSR count). The van der Waals surface area contributed by atoms with Gasteiger partial charge in [0.2, 0.25) is 9.05 Å². The molecule has 0 heterocycles. The first-order valence-corrected chi connectivity index (χ1v) is 8.86. The van der Waals surface area contributed by atoms with Gasteiger partial charge in [-0.1, -0.05) is 29.8 Å². The van der Waals surface area contributed by atoms with Gasteiger partial charge in [0.1, 0.15) is 5.75 Å². The highest BCUT2D eigenvalue weighted by Crippen LogP contribution is 2.20. The Kier molecular flexibility index (Phi) is 5.95. The second-order valence-corrected chi connectivity index (χ2v) is 8.21. The van der Waals surface area contributed by atoms with Gasteiger partial charge >= 0.3 is 0 Å². The van der Waals surface area contributed by atoms with Gasteiger partial charge < -0.3 is 4.74 Å². The Morgan fingerprint density at radius 1 is 1.28 bits per heavy atom. The predicted molar refractivity (Wildman–Crippen MR) is 77.6 cm³/mol. The Morgan fingerprint density at radius 2 is 1.83 bits per heavy atom. The number of ether oxygens (including phenoxy) is 1. The van der Waals surface area contributed by atoms with Crippen LogP contribution in [0.25, 0.3) is 0 Å². The lowest BCUT2D eigenvalue weighted by atomic mass is 9.99. The molecular formula is C12H16BrClO3S. The molecule has 1 aromatic carbocycles. The van der Waals surface area contributed by atoms with Crippen molar-refractivity contribution in [3.8, 4) is 5.75 Å². The molecular weight excluding hydrogens is 340 g/mol. The van der Waals surface area contributed by atoms with Crippen LogP contribution in [-0.4, -0.2) is 20.8 Å². The molecule has 0 aliphatic carbocycles. The molecule has 1 atom stereocenters. The van der Waals surface area contributed by atoms with Gasteiger partial charge in [-0.05, 0) is 30.2 Å². The van der Waals surface area contributed by atoms with Gasteiger partial charge in [-0.15, -0.1) is 0 Å². The number of halogens is 2. The molecule has 0 N–H and O–H groups in total. The topological polar surface area (TPSA) is 43.4 Å². The molecule has 102 valence electrons. The van der Waals surface area contributed by atoms with E-state index in [2.05, 4.69) is 15.9 Å². The fourth-order valence-corrected chi connectivity index (χ4v) is 3.17. The van der Waals surface area contributed by atoms with Crippen LogP contribution in [-0.2, 0) is 9.05 Å². The Hall–Kier alpha value is -0.260. The fraction of sp³-hybridized carbons (Fsp3) is 0.500. The average molecular weight is 356 g/mol. The van der Waals surface area contributed by atoms with Gasteiger partial charge in [-0.2, -0.15) is 0 Å². The van der Waals surface area contributed by atoms with E-state index in [1.165, 1.54) is 0 Å². The van der Waals surface area contributed by atoms with Crippen LogP contribution in [0.3, 0.4) is 0 Å². The second kappa shape index (κ2) is 6.78. The average Bonchev–Trinajstić information content (AvgIpc) is 2.24. The monoisotopic (exact) mass is 354 g/mol. The van der Waals surface area contributed by atoms with E-state index in [9.17, 15) is 8.42 Å². The highest BCUT2D eigenvalue weighted by molar-refractivity contribution is 9.10. The maximum atomic E-state index is 11.1. The Bertz CT molecular complexity index is 471. The van der Waals surface area contributed by atoms with Crippen molar-refractivity contribution in [2.45, 2.75) is 13.8 Å². The molecule has 0 radical (unpaired) electrons. The Balaban J connectivity index is 2.60. The third-order valence-electron chi connectivity index (χ3n) is 2.63. The molecule has 0 aromatic heterocycles. The van der Waals surface area contributed by atoms with E-state index in [4.69, 9.17) is 15.4 Å². The van der Waals surface area contributed by atoms with Crippen LogP contribution in [0, 0.1) is 11.8 Å². The summed E-state index contributed by atoms with van der Waals surface area (Å²) in [4.78, 5) is 0. The van der Waals surface area contributed by atoms with Crippen LogP contribution in [0.5, 0.6) is 5.75 Å². The lowest BCUT2D eigenvalue weighted by Crippen LogP contribution is -2.24. The van der Waals surface area contributed by atoms with Gasteiger partial charge in [0.05, 0.1) is 12.4 Å². The number of hydrogen-bond acceptors (Lipinski definition) is 3. The van der Waals surface area contributed by atoms with Crippen LogP contribution in [0.4, 0.5) is 0 Å². The van der Waals surface area contributed by atoms with Gasteiger partial charge in [0.15, 0.2) is 0 Å². The normalized spacial score (nSPS) is 13.6. The van der Waals surface area contributed by atoms with Crippen molar-refractivity contribution >= 4 is 35.7 Å². The molecule has 0 amide bonds. The van der Waals surface area contributed by atoms with Crippen molar-refractivity contribution < 1.29 is 13.2 Å². The minimum Gasteiger partial charge on any atom is -0.493 e. The maximum absolute atomic E-state index is 11.1. The quantitative estimate of drug-likeness (QED) is 0.731. The van der Waals surface area contributed by atoms with Crippen molar-refractivity contribution in [1.29, 1.82) is 0 Å². The molecule has 0 fully saturated rings. The molecule has 18 heavy (non-hydrogen) atoms. The number of hydrogen-bond donors (Lipinski definition) is 0. The second-order valence-electron chi connectivity index (χ2n) is 4.47. The van der Waals surface area contributed by atoms with E-state index in [1.807, 2.05) is 38.1 Å². The number of benzene rings is 1. The highest BCUT2D eigenvalue weighted by atomic mass is 79.9. The maximum Gasteiger partial charge on any atom is 0.233 e. The zero-order valence-corrected chi connectivity index (χ0v) is 13.4. The molecule has 0 aliphatic rings. The van der Waals surface area contributed by atoms with Crippen molar-refractivity contribution in [2.75, 3.05) is 12.4 Å². The molecule has 0 saturated heterocycles. The third-order valence-corrected chi connectivity index (χ3v) is 4.37. The molecule has 0 saturated carbocycles. The molecule has 0 bridgehead atoms. The zero-order valence-electron chi connectivity index (χ0n) is 10.3. The van der Waals surface area contributed by atoms with Gasteiger partial charge in [0, 0.05) is 21.1 Å². The van der Waals surface area contributed by atoms with E-state index < -0.39 is 9.05 Å². The lowest BCUT2D eigenvalue weighted by molar-refractivity contribution is 0.225. The molecule has 1 aromatic rings. The van der Waals surface area contributed by atoms with Crippen LogP contribution in [0.15, 0.2) is 28.7 Å². The van der Waals surface area contributed by atoms with Crippen molar-refractivity contribution in [1.82, 2.24) is 0 Å². The van der Waals surface area contributed by atoms with E-state index in [0.29, 0.717) is 6.61 Å². The summed E-state index contributed by atoms with van der Waals surface area (Å²) in [5, 5.41) is 0. The van der Waals surface area contributed by atoms with E-state index in [-0.39, 0.29) is 17.6 Å². The third kappa shape index (κ3) is 6.07. The first-order chi connectivity index (χ1) is 8.28. The summed E-state index contributed by atoms with van der Waals surface area (Å²) in [5.74, 6) is 0.726. The fourth-order valence-electron chi connectivity index (χ4n) is 1.42. The van der Waals surface area contributed by atoms with Crippen molar-refractivity contribution in [3.05, 3.63) is 28.7 Å². The molecule has 6 heteroatoms. The van der Waals surface area contributed by atoms with Crippen LogP contribution in [0.2, 0.25) is 0 Å². The summed E-state index contributed by atoms with van der Waals surface area (Å²) in [7, 11) is 1.79. The van der Waals surface area contributed by atoms with Crippen molar-refractivity contribution in [3.63, 3.8) is 0 Å². The van der Waals surface area contributed by atoms with Gasteiger partial charge in [0.25, 0.3) is 0 Å². The molecule has 0 aliphatic heterocycles. The van der Waals surface area contributed by atoms with Gasteiger partial charge in [-0.3, -0.25) is 0 Å². The first-order valence-electron chi connectivity index (χ1n) is 5.58. The summed E-state index contributed by atoms with van der Waals surface area (Å²) in [6.45, 7) is 4.25. The summed E-state index contributed by atoms with van der Waals surface area (Å²) in [5.41, 5.74) is 0. The Labute approximate surface area is 121 Å². The lowest BCUT2D eigenvalue weighted by Gasteiger charge is -2.19. The minimum absolute atomic E-state index is 0.0667. The Morgan fingerprint density at radius 3 is 2.28 bits per heavy atom. The largest absolute Gasteiger partial charge is 0.493 e. The first kappa shape index (κ1) is 15.8. The molecule has 0 spiro atoms. The number of rotatable bonds is 6. The SMILES string of the molecule is CC(C)C(COc1ccc(Br)cc1)CS(=O)(=O)Cl. The van der Waals surface area contributed by atoms with E-state index in [1.54, 1.807) is 0 Å². The summed E-state index contributed by atoms with van der Waals surface area (Å²) in [6.07, 6.45) is 0. The zero-order chi connectivity index (χ0) is 13.8. The van der Waals surface area contributed by atoms with Crippen molar-refractivity contribution in [2.24, 2.45) is 11.8 Å². The van der Waals surface area contributed by atoms with E-state index in [0.717, 1.165) is 10.2 Å². The van der Waals surface area contributed by atoms with Gasteiger partial charge in [-0.25, -0.2) is 8.42 Å². The molecule has 1 unspecified atom stereocenters. The predicted octanol–water partition coefficient (Wildman–Crippen LogP) is 3.67. The van der Waals surface area contributed by atoms with Crippen LogP contribution >= 0.6 is 26.6 Å². The van der Waals surface area contributed by atoms with Crippen LogP contribution < -0.4 is 4.74 Å². The van der Waals surface area contributed by atoms with Crippen LogP contribution in [0.1, 0.15) is 13.8 Å². The van der Waals surface area contributed by atoms with E-state index >= 15 is 0 Å². The smallest absolute Gasteiger partial charge is 0.233 e. The summed E-state index contributed by atoms with van der Waals surface area (Å²) in [6, 6.07) is 7.41. The standard InChI is InChI=1S/C12H16BrClO3S/c1-9(2)10(8-18(14,15)16)7-17-12-5-3-11(13)4-6-12/h3-6,9-10H,7-8H2,1-2H3.